The first-order valence-electron chi connectivity index (χ1n) is 10.1. The molecule has 1 atom stereocenters. The second-order valence-electron chi connectivity index (χ2n) is 7.68. The van der Waals surface area contributed by atoms with Gasteiger partial charge in [0.2, 0.25) is 5.91 Å². The minimum atomic E-state index is -0.537. The van der Waals surface area contributed by atoms with Gasteiger partial charge in [-0.25, -0.2) is 4.39 Å². The molecule has 0 saturated carbocycles. The number of carbonyl (C=O) groups excluding carboxylic acids is 2. The van der Waals surface area contributed by atoms with Gasteiger partial charge in [-0.1, -0.05) is 64.7 Å². The zero-order valence-electron chi connectivity index (χ0n) is 18.4. The summed E-state index contributed by atoms with van der Waals surface area (Å²) in [4.78, 5) is 25.1. The van der Waals surface area contributed by atoms with Gasteiger partial charge in [-0.05, 0) is 42.3 Å². The summed E-state index contributed by atoms with van der Waals surface area (Å²) < 4.78 is 16.2. The highest BCUT2D eigenvalue weighted by atomic mass is 79.9. The first-order chi connectivity index (χ1) is 16.1. The molecule has 3 rings (SSSR count). The second kappa shape index (κ2) is 11.5. The maximum Gasteiger partial charge on any atom is 0.253 e. The Hall–Kier alpha value is -2.14. The van der Waals surface area contributed by atoms with E-state index in [1.54, 1.807) is 29.8 Å². The van der Waals surface area contributed by atoms with Crippen molar-refractivity contribution in [1.29, 1.82) is 0 Å². The van der Waals surface area contributed by atoms with Crippen molar-refractivity contribution in [2.75, 3.05) is 11.1 Å². The maximum atomic E-state index is 14.0. The van der Waals surface area contributed by atoms with Crippen molar-refractivity contribution in [2.24, 2.45) is 13.0 Å². The summed E-state index contributed by atoms with van der Waals surface area (Å²) in [7, 11) is 1.75. The molecular formula is C22H21BrCl2FN5O2S. The predicted molar refractivity (Wildman–Crippen MR) is 136 cm³/mol. The van der Waals surface area contributed by atoms with Gasteiger partial charge >= 0.3 is 0 Å². The zero-order valence-corrected chi connectivity index (χ0v) is 22.3. The van der Waals surface area contributed by atoms with E-state index < -0.39 is 11.9 Å². The van der Waals surface area contributed by atoms with E-state index in [0.29, 0.717) is 26.0 Å². The van der Waals surface area contributed by atoms with Crippen LogP contribution in [0.5, 0.6) is 0 Å². The monoisotopic (exact) mass is 587 g/mol. The van der Waals surface area contributed by atoms with Crippen molar-refractivity contribution in [3.8, 4) is 0 Å². The molecule has 0 radical (unpaired) electrons. The van der Waals surface area contributed by atoms with E-state index in [9.17, 15) is 14.0 Å². The summed E-state index contributed by atoms with van der Waals surface area (Å²) in [5.41, 5.74) is 0.390. The van der Waals surface area contributed by atoms with E-state index in [-0.39, 0.29) is 34.2 Å². The van der Waals surface area contributed by atoms with Crippen LogP contribution in [0.4, 0.5) is 10.1 Å². The van der Waals surface area contributed by atoms with Gasteiger partial charge < -0.3 is 15.2 Å². The quantitative estimate of drug-likeness (QED) is 0.321. The summed E-state index contributed by atoms with van der Waals surface area (Å²) in [5, 5.41) is 15.0. The molecule has 12 heteroatoms. The zero-order chi connectivity index (χ0) is 25.0. The van der Waals surface area contributed by atoms with Crippen LogP contribution in [0, 0.1) is 11.7 Å². The van der Waals surface area contributed by atoms with Gasteiger partial charge in [0.05, 0.1) is 28.1 Å². The molecular weight excluding hydrogens is 568 g/mol. The van der Waals surface area contributed by atoms with Crippen LogP contribution < -0.4 is 10.6 Å². The first kappa shape index (κ1) is 26.5. The van der Waals surface area contributed by atoms with Crippen molar-refractivity contribution < 1.29 is 14.0 Å². The summed E-state index contributed by atoms with van der Waals surface area (Å²) in [6, 6.07) is 8.58. The van der Waals surface area contributed by atoms with Gasteiger partial charge in [-0.3, -0.25) is 9.59 Å². The molecule has 3 aromatic rings. The van der Waals surface area contributed by atoms with Crippen LogP contribution in [0.2, 0.25) is 10.0 Å². The number of nitrogens with zero attached hydrogens (tertiary/aromatic N) is 3. The Morgan fingerprint density at radius 1 is 1.18 bits per heavy atom. The topological polar surface area (TPSA) is 88.9 Å². The number of aromatic nitrogens is 3. The Balaban J connectivity index is 1.69. The fraction of sp³-hybridized carbons (Fsp3) is 0.273. The maximum absolute atomic E-state index is 14.0. The number of hydrogen-bond acceptors (Lipinski definition) is 5. The highest BCUT2D eigenvalue weighted by molar-refractivity contribution is 9.10. The van der Waals surface area contributed by atoms with Crippen molar-refractivity contribution in [2.45, 2.75) is 25.0 Å². The second-order valence-corrected chi connectivity index (χ2v) is 10.4. The summed E-state index contributed by atoms with van der Waals surface area (Å²) in [6.45, 7) is 3.88. The molecule has 2 amide bonds. The number of nitrogens with one attached hydrogen (secondary N) is 2. The van der Waals surface area contributed by atoms with Crippen LogP contribution in [0.25, 0.3) is 0 Å². The van der Waals surface area contributed by atoms with Crippen LogP contribution in [-0.2, 0) is 11.8 Å². The highest BCUT2D eigenvalue weighted by Gasteiger charge is 2.26. The van der Waals surface area contributed by atoms with E-state index in [4.69, 9.17) is 23.2 Å². The van der Waals surface area contributed by atoms with E-state index in [2.05, 4.69) is 36.8 Å². The Morgan fingerprint density at radius 3 is 2.56 bits per heavy atom. The molecule has 1 aromatic heterocycles. The number of carbonyl (C=O) groups is 2. The SMILES string of the molecule is CC(C)[C@H](NC(=O)c1ccc(Cl)cc1Cl)c1nnc(SCC(=O)Nc2ccc(Br)cc2F)n1C. The molecule has 1 heterocycles. The van der Waals surface area contributed by atoms with Gasteiger partial charge in [0.15, 0.2) is 11.0 Å². The van der Waals surface area contributed by atoms with Gasteiger partial charge in [0.25, 0.3) is 5.91 Å². The molecule has 2 N–H and O–H groups in total. The average molecular weight is 589 g/mol. The van der Waals surface area contributed by atoms with Crippen molar-refractivity contribution in [1.82, 2.24) is 20.1 Å². The number of benzene rings is 2. The molecule has 7 nitrogen and oxygen atoms in total. The minimum Gasteiger partial charge on any atom is -0.342 e. The third kappa shape index (κ3) is 6.50. The lowest BCUT2D eigenvalue weighted by molar-refractivity contribution is -0.113. The van der Waals surface area contributed by atoms with E-state index >= 15 is 0 Å². The lowest BCUT2D eigenvalue weighted by Gasteiger charge is -2.22. The van der Waals surface area contributed by atoms with Crippen LogP contribution in [0.15, 0.2) is 46.0 Å². The first-order valence-corrected chi connectivity index (χ1v) is 12.6. The van der Waals surface area contributed by atoms with Crippen LogP contribution in [0.3, 0.4) is 0 Å². The third-order valence-electron chi connectivity index (χ3n) is 4.81. The van der Waals surface area contributed by atoms with Gasteiger partial charge in [-0.2, -0.15) is 0 Å². The molecule has 0 bridgehead atoms. The van der Waals surface area contributed by atoms with Gasteiger partial charge in [0.1, 0.15) is 5.82 Å². The lowest BCUT2D eigenvalue weighted by Crippen LogP contribution is -2.33. The number of hydrogen-bond donors (Lipinski definition) is 2. The summed E-state index contributed by atoms with van der Waals surface area (Å²) in [6.07, 6.45) is 0. The Labute approximate surface area is 218 Å². The largest absolute Gasteiger partial charge is 0.342 e. The molecule has 0 spiro atoms. The normalized spacial score (nSPS) is 12.0. The van der Waals surface area contributed by atoms with E-state index in [1.807, 2.05) is 13.8 Å². The fourth-order valence-electron chi connectivity index (χ4n) is 3.05. The number of halogens is 4. The molecule has 0 aliphatic carbocycles. The fourth-order valence-corrected chi connectivity index (χ4v) is 4.60. The standard InChI is InChI=1S/C22H21BrCl2FN5O2S/c1-11(2)19(28-21(33)14-6-5-13(24)9-15(14)25)20-29-30-22(31(20)3)34-10-18(32)27-17-7-4-12(23)8-16(17)26/h4-9,11,19H,10H2,1-3H3,(H,27,32)(H,28,33)/t19-/m0/s1. The van der Waals surface area contributed by atoms with Crippen LogP contribution >= 0.6 is 50.9 Å². The summed E-state index contributed by atoms with van der Waals surface area (Å²) >= 11 is 16.4. The van der Waals surface area contributed by atoms with Crippen LogP contribution in [0.1, 0.15) is 36.1 Å². The molecule has 0 aliphatic rings. The van der Waals surface area contributed by atoms with E-state index in [1.165, 1.54) is 18.2 Å². The Morgan fingerprint density at radius 2 is 1.91 bits per heavy atom. The molecule has 2 aromatic carbocycles. The van der Waals surface area contributed by atoms with Crippen LogP contribution in [-0.4, -0.2) is 32.3 Å². The minimum absolute atomic E-state index is 0.000560. The predicted octanol–water partition coefficient (Wildman–Crippen LogP) is 5.88. The average Bonchev–Trinajstić information content (AvgIpc) is 3.12. The van der Waals surface area contributed by atoms with Gasteiger partial charge in [-0.15, -0.1) is 10.2 Å². The third-order valence-corrected chi connectivity index (χ3v) is 6.87. The van der Waals surface area contributed by atoms with E-state index in [0.717, 1.165) is 11.8 Å². The smallest absolute Gasteiger partial charge is 0.253 e. The summed E-state index contributed by atoms with van der Waals surface area (Å²) in [5.74, 6) is -0.782. The lowest BCUT2D eigenvalue weighted by atomic mass is 10.0. The Bertz CT molecular complexity index is 1220. The molecule has 0 fully saturated rings. The molecule has 0 aliphatic heterocycles. The van der Waals surface area contributed by atoms with Gasteiger partial charge in [0, 0.05) is 16.5 Å². The number of amides is 2. The number of thioether (sulfide) groups is 1. The van der Waals surface area contributed by atoms with Crippen molar-refractivity contribution in [3.05, 3.63) is 68.1 Å². The highest BCUT2D eigenvalue weighted by Crippen LogP contribution is 2.27. The number of rotatable bonds is 8. The molecule has 0 unspecified atom stereocenters. The molecule has 0 saturated heterocycles. The number of anilines is 1. The van der Waals surface area contributed by atoms with Crippen molar-refractivity contribution >= 4 is 68.4 Å². The molecule has 34 heavy (non-hydrogen) atoms. The Kier molecular flexibility index (Phi) is 8.97. The molecule has 180 valence electrons. The van der Waals surface area contributed by atoms with Crippen molar-refractivity contribution in [3.63, 3.8) is 0 Å².